The Balaban J connectivity index is 1.11. The van der Waals surface area contributed by atoms with E-state index in [2.05, 4.69) is 29.0 Å². The van der Waals surface area contributed by atoms with Crippen LogP contribution < -0.4 is 21.3 Å². The van der Waals surface area contributed by atoms with Crippen molar-refractivity contribution in [3.8, 4) is 29.1 Å². The second kappa shape index (κ2) is 21.4. The number of carbonyl (C=O) groups excluding carboxylic acids is 1. The number of hydrogen-bond donors (Lipinski definition) is 6. The van der Waals surface area contributed by atoms with E-state index in [1.807, 2.05) is 18.2 Å². The molecule has 5 aliphatic rings. The number of aromatic hydroxyl groups is 2. The normalized spacial score (nSPS) is 24.7. The van der Waals surface area contributed by atoms with Crippen molar-refractivity contribution < 1.29 is 35.1 Å². The summed E-state index contributed by atoms with van der Waals surface area (Å²) >= 11 is 0. The number of ketones is 1. The number of phenols is 2. The number of ether oxygens (including phenoxy) is 1. The van der Waals surface area contributed by atoms with E-state index in [9.17, 15) is 30.3 Å². The van der Waals surface area contributed by atoms with Crippen LogP contribution in [0.1, 0.15) is 134 Å². The molecule has 2 fully saturated rings. The summed E-state index contributed by atoms with van der Waals surface area (Å²) in [6.07, 6.45) is 16.5. The van der Waals surface area contributed by atoms with Crippen molar-refractivity contribution in [2.24, 2.45) is 33.7 Å². The summed E-state index contributed by atoms with van der Waals surface area (Å²) in [4.78, 5) is 17.9. The summed E-state index contributed by atoms with van der Waals surface area (Å²) in [6, 6.07) is 14.6. The Morgan fingerprint density at radius 3 is 2.55 bits per heavy atom. The van der Waals surface area contributed by atoms with Crippen LogP contribution in [0.4, 0.5) is 0 Å². The molecule has 0 spiro atoms. The molecule has 3 aliphatic carbocycles. The van der Waals surface area contributed by atoms with Gasteiger partial charge in [0.25, 0.3) is 0 Å². The van der Waals surface area contributed by atoms with Crippen LogP contribution in [0.15, 0.2) is 89.3 Å². The van der Waals surface area contributed by atoms with Crippen molar-refractivity contribution in [2.45, 2.75) is 126 Å². The Morgan fingerprint density at radius 2 is 1.74 bits per heavy atom. The topological polar surface area (TPSA) is 195 Å². The van der Waals surface area contributed by atoms with Gasteiger partial charge in [0, 0.05) is 47.6 Å². The molecule has 2 saturated carbocycles. The number of hydrogen-bond acceptors (Lipinski definition) is 12. The Bertz CT molecular complexity index is 2410. The van der Waals surface area contributed by atoms with E-state index < -0.39 is 18.2 Å². The SMILES string of the molecule is NC(N)c1cc2c3cc1CSSCC1CC(CCCCC(O)C4CCCC4)(C=CC(=O)CCc4ccc(O)c(c4)OCCc4ccc(O)c(c4)C3CC([O-])=C3C=CN=C3CC#C2)CC1O. The van der Waals surface area contributed by atoms with Gasteiger partial charge in [-0.15, -0.1) is 5.76 Å². The highest BCUT2D eigenvalue weighted by atomic mass is 33.1. The maximum Gasteiger partial charge on any atom is 0.161 e. The number of fused-ring (bicyclic) bond motifs is 9. The zero-order valence-corrected chi connectivity index (χ0v) is 38.7. The summed E-state index contributed by atoms with van der Waals surface area (Å²) in [5, 5.41) is 58.9. The number of rotatable bonds is 7. The molecule has 5 atom stereocenters. The number of aliphatic hydroxyl groups excluding tert-OH is 2. The van der Waals surface area contributed by atoms with Crippen LogP contribution in [0, 0.1) is 29.1 Å². The third-order valence-electron chi connectivity index (χ3n) is 14.2. The highest BCUT2D eigenvalue weighted by Gasteiger charge is 2.42. The van der Waals surface area contributed by atoms with E-state index in [0.29, 0.717) is 71.3 Å². The summed E-state index contributed by atoms with van der Waals surface area (Å²) in [5.41, 5.74) is 19.1. The van der Waals surface area contributed by atoms with E-state index in [4.69, 9.17) is 16.2 Å². The molecule has 8 rings (SSSR count). The third kappa shape index (κ3) is 11.6. The zero-order valence-electron chi connectivity index (χ0n) is 37.1. The van der Waals surface area contributed by atoms with Gasteiger partial charge in [-0.25, -0.2) is 0 Å². The van der Waals surface area contributed by atoms with Gasteiger partial charge in [-0.1, -0.05) is 89.5 Å². The van der Waals surface area contributed by atoms with Gasteiger partial charge in [-0.2, -0.15) is 0 Å². The third-order valence-corrected chi connectivity index (χ3v) is 16.6. The lowest BCUT2D eigenvalue weighted by Gasteiger charge is -2.28. The van der Waals surface area contributed by atoms with E-state index >= 15 is 0 Å². The predicted molar refractivity (Wildman–Crippen MR) is 258 cm³/mol. The first-order valence-corrected chi connectivity index (χ1v) is 25.8. The van der Waals surface area contributed by atoms with Crippen molar-refractivity contribution in [1.82, 2.24) is 0 Å². The minimum Gasteiger partial charge on any atom is -0.875 e. The van der Waals surface area contributed by atoms with Crippen molar-refractivity contribution in [3.05, 3.63) is 123 Å². The van der Waals surface area contributed by atoms with Gasteiger partial charge in [-0.05, 0) is 138 Å². The lowest BCUT2D eigenvalue weighted by Crippen LogP contribution is -2.23. The summed E-state index contributed by atoms with van der Waals surface area (Å²) in [6.45, 7) is 0.225. The van der Waals surface area contributed by atoms with Crippen LogP contribution in [0.5, 0.6) is 17.2 Å². The molecule has 0 amide bonds. The summed E-state index contributed by atoms with van der Waals surface area (Å²) in [5.74, 6) is 7.96. The number of aliphatic imine (C=N–C) groups is 1. The number of nitrogens with two attached hydrogens (primary N) is 2. The molecule has 3 aromatic carbocycles. The number of carbonyl (C=O) groups is 1. The van der Waals surface area contributed by atoms with Crippen LogP contribution >= 0.6 is 21.6 Å². The van der Waals surface area contributed by atoms with E-state index in [1.54, 1.807) is 64.2 Å². The number of aliphatic hydroxyl groups is 2. The molecule has 5 unspecified atom stereocenters. The molecular formula is C53H62N3O7S2-. The Hall–Kier alpha value is -4.48. The first-order valence-electron chi connectivity index (χ1n) is 23.3. The molecule has 10 nitrogen and oxygen atoms in total. The van der Waals surface area contributed by atoms with Crippen LogP contribution in [0.25, 0.3) is 0 Å². The fourth-order valence-corrected chi connectivity index (χ4v) is 13.0. The largest absolute Gasteiger partial charge is 0.875 e. The molecule has 8 N–H and O–H groups in total. The average Bonchev–Trinajstić information content (AvgIpc) is 4.07. The molecule has 8 bridgehead atoms. The zero-order chi connectivity index (χ0) is 45.5. The molecular weight excluding hydrogens is 855 g/mol. The van der Waals surface area contributed by atoms with E-state index in [1.165, 1.54) is 12.8 Å². The van der Waals surface area contributed by atoms with Gasteiger partial charge < -0.3 is 41.7 Å². The van der Waals surface area contributed by atoms with Crippen LogP contribution in [-0.2, 0) is 23.4 Å². The molecule has 0 saturated heterocycles. The smallest absolute Gasteiger partial charge is 0.161 e. The first-order chi connectivity index (χ1) is 31.4. The minimum atomic E-state index is -0.791. The number of phenolic OH excluding ortho intramolecular Hbond substituents is 2. The number of allylic oxidation sites excluding steroid dienone is 5. The molecule has 344 valence electrons. The van der Waals surface area contributed by atoms with Crippen LogP contribution in [-0.4, -0.2) is 56.5 Å². The molecule has 0 aromatic heterocycles. The summed E-state index contributed by atoms with van der Waals surface area (Å²) < 4.78 is 6.14. The highest BCUT2D eigenvalue weighted by Crippen LogP contribution is 2.49. The second-order valence-electron chi connectivity index (χ2n) is 18.7. The minimum absolute atomic E-state index is 0.00132. The van der Waals surface area contributed by atoms with Crippen molar-refractivity contribution in [2.75, 3.05) is 12.4 Å². The molecule has 65 heavy (non-hydrogen) atoms. The van der Waals surface area contributed by atoms with Crippen molar-refractivity contribution in [3.63, 3.8) is 0 Å². The standard InChI is InChI=1S/C53H63N3O7S2/c54-52(55)42-26-36-8-5-9-45-40(18-22-56-45)49(61)28-43-41(36)27-37(42)31-64-65-32-38-29-53(30-50(38)62,20-4-3-10-46(58)35-6-1-2-7-35)21-17-39(57)14-11-33-13-16-48(60)51(25-33)63-23-19-34-12-15-47(59)44(43)24-34/h12-13,15-18,21-22,24-27,35,38,43,46,50,52,58-62H,1-4,6-7,9-11,14,19-20,23,28-32,54-55H2/p-1. The second-order valence-corrected chi connectivity index (χ2v) is 21.2. The number of unbranched alkanes of at least 4 members (excludes halogenated alkanes) is 1. The number of benzene rings is 3. The number of nitrogens with zero attached hydrogens (tertiary/aromatic N) is 1. The maximum absolute atomic E-state index is 14.2. The highest BCUT2D eigenvalue weighted by molar-refractivity contribution is 8.76. The lowest BCUT2D eigenvalue weighted by molar-refractivity contribution is -0.307. The van der Waals surface area contributed by atoms with Crippen LogP contribution in [0.2, 0.25) is 0 Å². The fraction of sp³-hybridized carbons (Fsp3) is 0.472. The molecule has 0 radical (unpaired) electrons. The van der Waals surface area contributed by atoms with Crippen molar-refractivity contribution >= 4 is 33.1 Å². The Morgan fingerprint density at radius 1 is 0.938 bits per heavy atom. The Labute approximate surface area is 391 Å². The Kier molecular flexibility index (Phi) is 15.5. The van der Waals surface area contributed by atoms with Gasteiger partial charge in [-0.3, -0.25) is 9.79 Å². The summed E-state index contributed by atoms with van der Waals surface area (Å²) in [7, 11) is 3.36. The molecule has 2 heterocycles. The first kappa shape index (κ1) is 47.0. The van der Waals surface area contributed by atoms with E-state index in [-0.39, 0.29) is 59.9 Å². The number of aryl methyl sites for hydroxylation is 1. The monoisotopic (exact) mass is 916 g/mol. The fourth-order valence-electron chi connectivity index (χ4n) is 10.5. The van der Waals surface area contributed by atoms with Crippen molar-refractivity contribution in [1.29, 1.82) is 0 Å². The van der Waals surface area contributed by atoms with Gasteiger partial charge in [0.2, 0.25) is 0 Å². The van der Waals surface area contributed by atoms with Gasteiger partial charge in [0.05, 0.1) is 37.1 Å². The molecule has 12 heteroatoms. The quantitative estimate of drug-likeness (QED) is 0.0578. The van der Waals surface area contributed by atoms with Gasteiger partial charge >= 0.3 is 0 Å². The molecule has 2 aliphatic heterocycles. The maximum atomic E-state index is 14.2. The molecule has 3 aromatic rings. The van der Waals surface area contributed by atoms with Gasteiger partial charge in [0.1, 0.15) is 5.75 Å². The average molecular weight is 917 g/mol. The lowest BCUT2D eigenvalue weighted by atomic mass is 9.79. The van der Waals surface area contributed by atoms with Gasteiger partial charge in [0.15, 0.2) is 17.3 Å². The van der Waals surface area contributed by atoms with Crippen LogP contribution in [0.3, 0.4) is 0 Å². The van der Waals surface area contributed by atoms with E-state index in [0.717, 1.165) is 72.8 Å². The predicted octanol–water partition coefficient (Wildman–Crippen LogP) is 8.32.